The van der Waals surface area contributed by atoms with E-state index in [0.29, 0.717) is 17.0 Å². The molecule has 2 aromatic carbocycles. The number of imidazole rings is 1. The molecule has 0 aliphatic rings. The second-order valence-electron chi connectivity index (χ2n) is 8.44. The molecule has 0 aliphatic heterocycles. The molecule has 0 unspecified atom stereocenters. The Hall–Kier alpha value is -4.65. The van der Waals surface area contributed by atoms with Gasteiger partial charge in [0.05, 0.1) is 17.1 Å². The Kier molecular flexibility index (Phi) is 6.15. The van der Waals surface area contributed by atoms with Crippen LogP contribution in [0.1, 0.15) is 0 Å². The summed E-state index contributed by atoms with van der Waals surface area (Å²) < 4.78 is 73.5. The number of nitrogens with one attached hydrogen (secondary N) is 1. The number of aromatic nitrogens is 4. The Morgan fingerprint density at radius 2 is 1.68 bits per heavy atom. The SMILES string of the molecule is CN(C)c1ccn2c(-c3ccnc(N)n3)c(-c3cccc(NS(=O)(=O)c4c(F)cccc4F)c3F)nc2c1. The van der Waals surface area contributed by atoms with Crippen LogP contribution in [0.3, 0.4) is 0 Å². The molecule has 3 N–H and O–H groups in total. The highest BCUT2D eigenvalue weighted by molar-refractivity contribution is 7.92. The van der Waals surface area contributed by atoms with E-state index in [0.717, 1.165) is 30.0 Å². The minimum atomic E-state index is -4.81. The summed E-state index contributed by atoms with van der Waals surface area (Å²) in [6.45, 7) is 0. The van der Waals surface area contributed by atoms with E-state index in [1.807, 2.05) is 29.8 Å². The number of pyridine rings is 1. The van der Waals surface area contributed by atoms with Crippen LogP contribution in [-0.4, -0.2) is 41.9 Å². The fraction of sp³-hybridized carbons (Fsp3) is 0.0800. The van der Waals surface area contributed by atoms with Crippen LogP contribution in [0.15, 0.2) is 71.9 Å². The van der Waals surface area contributed by atoms with Crippen molar-refractivity contribution in [3.05, 3.63) is 84.4 Å². The van der Waals surface area contributed by atoms with Crippen molar-refractivity contribution < 1.29 is 21.6 Å². The molecule has 0 amide bonds. The van der Waals surface area contributed by atoms with Gasteiger partial charge in [0.2, 0.25) is 5.95 Å². The number of nitrogens with zero attached hydrogens (tertiary/aromatic N) is 5. The van der Waals surface area contributed by atoms with Gasteiger partial charge in [-0.2, -0.15) is 0 Å². The van der Waals surface area contributed by atoms with Crippen molar-refractivity contribution in [3.8, 4) is 22.6 Å². The predicted molar refractivity (Wildman–Crippen MR) is 138 cm³/mol. The van der Waals surface area contributed by atoms with Crippen LogP contribution in [0, 0.1) is 17.5 Å². The number of hydrogen-bond donors (Lipinski definition) is 2. The number of benzene rings is 2. The van der Waals surface area contributed by atoms with E-state index in [4.69, 9.17) is 5.73 Å². The van der Waals surface area contributed by atoms with E-state index in [9.17, 15) is 17.2 Å². The van der Waals surface area contributed by atoms with Crippen molar-refractivity contribution in [2.24, 2.45) is 0 Å². The molecule has 9 nitrogen and oxygen atoms in total. The summed E-state index contributed by atoms with van der Waals surface area (Å²) in [7, 11) is -1.10. The summed E-state index contributed by atoms with van der Waals surface area (Å²) in [6.07, 6.45) is 3.18. The maximum atomic E-state index is 15.9. The minimum absolute atomic E-state index is 0.0118. The predicted octanol–water partition coefficient (Wildman–Crippen LogP) is 4.32. The van der Waals surface area contributed by atoms with Gasteiger partial charge in [-0.25, -0.2) is 36.5 Å². The standard InChI is InChI=1S/C25H20F3N7O2S/c1-34(2)14-10-12-35-20(13-14)32-22(23(35)19-9-11-30-25(29)31-19)15-5-3-8-18(21(15)28)33-38(36,37)24-16(26)6-4-7-17(24)27/h3-13,33H,1-2H3,(H2,29,30,31). The third-order valence-corrected chi connectivity index (χ3v) is 7.14. The molecule has 0 bridgehead atoms. The summed E-state index contributed by atoms with van der Waals surface area (Å²) in [4.78, 5) is 13.4. The Labute approximate surface area is 215 Å². The molecule has 3 aromatic heterocycles. The van der Waals surface area contributed by atoms with Crippen molar-refractivity contribution in [1.82, 2.24) is 19.4 Å². The van der Waals surface area contributed by atoms with Crippen molar-refractivity contribution >= 4 is 33.0 Å². The van der Waals surface area contributed by atoms with E-state index in [2.05, 4.69) is 15.0 Å². The highest BCUT2D eigenvalue weighted by atomic mass is 32.2. The minimum Gasteiger partial charge on any atom is -0.378 e. The molecule has 0 fully saturated rings. The molecule has 0 saturated heterocycles. The highest BCUT2D eigenvalue weighted by Crippen LogP contribution is 2.36. The van der Waals surface area contributed by atoms with Gasteiger partial charge in [-0.3, -0.25) is 9.12 Å². The average Bonchev–Trinajstić information content (AvgIpc) is 3.23. The van der Waals surface area contributed by atoms with E-state index >= 15 is 4.39 Å². The van der Waals surface area contributed by atoms with E-state index in [-0.39, 0.29) is 17.2 Å². The van der Waals surface area contributed by atoms with Gasteiger partial charge in [0.1, 0.15) is 23.0 Å². The maximum Gasteiger partial charge on any atom is 0.267 e. The fourth-order valence-electron chi connectivity index (χ4n) is 3.98. The summed E-state index contributed by atoms with van der Waals surface area (Å²) in [5.41, 5.74) is 7.33. The lowest BCUT2D eigenvalue weighted by molar-refractivity contribution is 0.521. The lowest BCUT2D eigenvalue weighted by Gasteiger charge is -2.13. The van der Waals surface area contributed by atoms with E-state index < -0.39 is 38.1 Å². The van der Waals surface area contributed by atoms with Crippen LogP contribution in [0.25, 0.3) is 28.3 Å². The topological polar surface area (TPSA) is 119 Å². The third kappa shape index (κ3) is 4.36. The summed E-state index contributed by atoms with van der Waals surface area (Å²) in [5.74, 6) is -3.64. The first-order valence-corrected chi connectivity index (χ1v) is 12.6. The maximum absolute atomic E-state index is 15.9. The van der Waals surface area contributed by atoms with Crippen LogP contribution in [0.4, 0.5) is 30.5 Å². The second kappa shape index (κ2) is 9.34. The van der Waals surface area contributed by atoms with Crippen molar-refractivity contribution in [2.45, 2.75) is 4.90 Å². The number of anilines is 3. The molecule has 0 aliphatic carbocycles. The molecule has 5 rings (SSSR count). The summed E-state index contributed by atoms with van der Waals surface area (Å²) in [6, 6.07) is 11.7. The molecular weight excluding hydrogens is 519 g/mol. The Morgan fingerprint density at radius 1 is 0.974 bits per heavy atom. The molecule has 5 aromatic rings. The van der Waals surface area contributed by atoms with Gasteiger partial charge < -0.3 is 10.6 Å². The number of sulfonamides is 1. The number of rotatable bonds is 6. The van der Waals surface area contributed by atoms with Gasteiger partial charge in [-0.05, 0) is 36.4 Å². The zero-order chi connectivity index (χ0) is 27.2. The molecule has 0 spiro atoms. The molecule has 194 valence electrons. The molecule has 0 radical (unpaired) electrons. The smallest absolute Gasteiger partial charge is 0.267 e. The number of nitrogen functional groups attached to an aromatic ring is 1. The van der Waals surface area contributed by atoms with E-state index in [1.54, 1.807) is 22.7 Å². The second-order valence-corrected chi connectivity index (χ2v) is 10.1. The van der Waals surface area contributed by atoms with Crippen LogP contribution in [-0.2, 0) is 10.0 Å². The van der Waals surface area contributed by atoms with E-state index in [1.165, 1.54) is 18.3 Å². The Bertz CT molecular complexity index is 1790. The molecule has 0 saturated carbocycles. The number of nitrogens with two attached hydrogens (primary N) is 1. The molecule has 3 heterocycles. The monoisotopic (exact) mass is 539 g/mol. The normalized spacial score (nSPS) is 11.6. The first-order chi connectivity index (χ1) is 18.1. The van der Waals surface area contributed by atoms with Gasteiger partial charge in [0.15, 0.2) is 10.7 Å². The molecule has 0 atom stereocenters. The first kappa shape index (κ1) is 25.0. The highest BCUT2D eigenvalue weighted by Gasteiger charge is 2.27. The van der Waals surface area contributed by atoms with Gasteiger partial charge in [-0.15, -0.1) is 0 Å². The summed E-state index contributed by atoms with van der Waals surface area (Å²) >= 11 is 0. The Balaban J connectivity index is 1.69. The van der Waals surface area contributed by atoms with Crippen molar-refractivity contribution in [1.29, 1.82) is 0 Å². The largest absolute Gasteiger partial charge is 0.378 e. The lowest BCUT2D eigenvalue weighted by atomic mass is 10.1. The average molecular weight is 540 g/mol. The van der Waals surface area contributed by atoms with Crippen molar-refractivity contribution in [3.63, 3.8) is 0 Å². The lowest BCUT2D eigenvalue weighted by Crippen LogP contribution is -2.17. The number of halogens is 3. The van der Waals surface area contributed by atoms with Gasteiger partial charge >= 0.3 is 0 Å². The first-order valence-electron chi connectivity index (χ1n) is 11.1. The van der Waals surface area contributed by atoms with Crippen molar-refractivity contribution in [2.75, 3.05) is 29.5 Å². The summed E-state index contributed by atoms with van der Waals surface area (Å²) in [5, 5.41) is 0. The van der Waals surface area contributed by atoms with Crippen LogP contribution >= 0.6 is 0 Å². The molecular formula is C25H20F3N7O2S. The zero-order valence-electron chi connectivity index (χ0n) is 20.0. The third-order valence-electron chi connectivity index (χ3n) is 5.73. The van der Waals surface area contributed by atoms with Crippen LogP contribution in [0.5, 0.6) is 0 Å². The fourth-order valence-corrected chi connectivity index (χ4v) is 5.18. The molecule has 38 heavy (non-hydrogen) atoms. The van der Waals surface area contributed by atoms with Gasteiger partial charge in [0, 0.05) is 43.8 Å². The van der Waals surface area contributed by atoms with Gasteiger partial charge in [-0.1, -0.05) is 12.1 Å². The number of hydrogen-bond acceptors (Lipinski definition) is 7. The van der Waals surface area contributed by atoms with Gasteiger partial charge in [0.25, 0.3) is 10.0 Å². The van der Waals surface area contributed by atoms with Crippen LogP contribution < -0.4 is 15.4 Å². The number of fused-ring (bicyclic) bond motifs is 1. The Morgan fingerprint density at radius 3 is 2.37 bits per heavy atom. The zero-order valence-corrected chi connectivity index (χ0v) is 20.8. The molecule has 13 heteroatoms. The van der Waals surface area contributed by atoms with Crippen LogP contribution in [0.2, 0.25) is 0 Å². The quantitative estimate of drug-likeness (QED) is 0.330.